The Morgan fingerprint density at radius 2 is 1.64 bits per heavy atom. The van der Waals surface area contributed by atoms with E-state index in [1.807, 2.05) is 30.3 Å². The summed E-state index contributed by atoms with van der Waals surface area (Å²) >= 11 is 0. The van der Waals surface area contributed by atoms with Crippen LogP contribution >= 0.6 is 0 Å². The molecule has 0 bridgehead atoms. The van der Waals surface area contributed by atoms with Crippen molar-refractivity contribution >= 4 is 27.9 Å². The fourth-order valence-corrected chi connectivity index (χ4v) is 6.47. The zero-order valence-corrected chi connectivity index (χ0v) is 24.7. The van der Waals surface area contributed by atoms with Crippen LogP contribution in [0.2, 0.25) is 0 Å². The second kappa shape index (κ2) is 12.1. The predicted octanol–water partition coefficient (Wildman–Crippen LogP) is 3.79. The number of carbonyl (C=O) groups is 3. The van der Waals surface area contributed by atoms with Gasteiger partial charge in [0.05, 0.1) is 10.5 Å². The van der Waals surface area contributed by atoms with Gasteiger partial charge in [0.2, 0.25) is 5.91 Å². The number of amides is 3. The van der Waals surface area contributed by atoms with Crippen molar-refractivity contribution in [2.75, 3.05) is 12.3 Å². The predicted molar refractivity (Wildman–Crippen MR) is 148 cm³/mol. The van der Waals surface area contributed by atoms with Crippen LogP contribution < -0.4 is 10.6 Å². The number of alkyl carbamates (subject to hydrolysis) is 2. The van der Waals surface area contributed by atoms with Gasteiger partial charge >= 0.3 is 12.2 Å². The second-order valence-corrected chi connectivity index (χ2v) is 15.2. The molecule has 2 N–H and O–H groups in total. The number of sulfone groups is 1. The fourth-order valence-electron chi connectivity index (χ4n) is 5.05. The smallest absolute Gasteiger partial charge is 0.408 e. The minimum absolute atomic E-state index is 0.0959. The number of hydrogen-bond acceptors (Lipinski definition) is 7. The van der Waals surface area contributed by atoms with Crippen LogP contribution in [0.25, 0.3) is 0 Å². The van der Waals surface area contributed by atoms with Crippen molar-refractivity contribution in [2.45, 2.75) is 102 Å². The normalized spacial score (nSPS) is 24.3. The highest BCUT2D eigenvalue weighted by Crippen LogP contribution is 2.34. The molecule has 1 saturated carbocycles. The third-order valence-electron chi connectivity index (χ3n) is 7.17. The van der Waals surface area contributed by atoms with Gasteiger partial charge in [-0.3, -0.25) is 4.79 Å². The molecule has 0 spiro atoms. The van der Waals surface area contributed by atoms with Gasteiger partial charge in [-0.15, -0.1) is 0 Å². The molecule has 0 unspecified atom stereocenters. The molecule has 0 radical (unpaired) electrons. The van der Waals surface area contributed by atoms with E-state index in [4.69, 9.17) is 9.47 Å². The Labute approximate surface area is 232 Å². The Morgan fingerprint density at radius 3 is 2.26 bits per heavy atom. The molecule has 1 saturated heterocycles. The molecule has 2 aliphatic rings. The van der Waals surface area contributed by atoms with E-state index in [1.54, 1.807) is 46.4 Å². The van der Waals surface area contributed by atoms with E-state index >= 15 is 0 Å². The van der Waals surface area contributed by atoms with Crippen molar-refractivity contribution in [3.05, 3.63) is 35.9 Å². The SMILES string of the molecule is CC(C)(C)OC(=O)N[C@@H]1CC[C@H](N2CC[C@H](NC(=O)OCc3ccccc3)C2=O)[C@H](CS(=O)(=O)C(C)(C)C)C1. The van der Waals surface area contributed by atoms with E-state index in [2.05, 4.69) is 10.6 Å². The van der Waals surface area contributed by atoms with E-state index in [0.717, 1.165) is 5.56 Å². The van der Waals surface area contributed by atoms with Crippen LogP contribution in [0.15, 0.2) is 30.3 Å². The zero-order chi connectivity index (χ0) is 29.0. The van der Waals surface area contributed by atoms with E-state index in [9.17, 15) is 22.8 Å². The number of hydrogen-bond donors (Lipinski definition) is 2. The van der Waals surface area contributed by atoms with Crippen molar-refractivity contribution in [3.63, 3.8) is 0 Å². The van der Waals surface area contributed by atoms with Crippen LogP contribution in [0, 0.1) is 5.92 Å². The highest BCUT2D eigenvalue weighted by Gasteiger charge is 2.45. The average molecular weight is 566 g/mol. The van der Waals surface area contributed by atoms with Gasteiger partial charge in [0.1, 0.15) is 18.2 Å². The number of likely N-dealkylation sites (tertiary alicyclic amines) is 1. The second-order valence-electron chi connectivity index (χ2n) is 12.5. The van der Waals surface area contributed by atoms with E-state index in [-0.39, 0.29) is 36.3 Å². The number of carbonyl (C=O) groups excluding carboxylic acids is 3. The van der Waals surface area contributed by atoms with Crippen molar-refractivity contribution in [1.82, 2.24) is 15.5 Å². The molecule has 3 amide bonds. The van der Waals surface area contributed by atoms with E-state index in [1.165, 1.54) is 0 Å². The van der Waals surface area contributed by atoms with E-state index in [0.29, 0.717) is 32.2 Å². The summed E-state index contributed by atoms with van der Waals surface area (Å²) in [6.45, 7) is 10.8. The molecule has 4 atom stereocenters. The lowest BCUT2D eigenvalue weighted by Crippen LogP contribution is -2.53. The molecule has 2 fully saturated rings. The number of ether oxygens (including phenoxy) is 2. The summed E-state index contributed by atoms with van der Waals surface area (Å²) in [4.78, 5) is 39.8. The summed E-state index contributed by atoms with van der Waals surface area (Å²) in [5.74, 6) is -0.724. The lowest BCUT2D eigenvalue weighted by molar-refractivity contribution is -0.133. The highest BCUT2D eigenvalue weighted by atomic mass is 32.2. The first-order valence-corrected chi connectivity index (χ1v) is 15.2. The van der Waals surface area contributed by atoms with Crippen molar-refractivity contribution in [2.24, 2.45) is 5.92 Å². The molecule has 218 valence electrons. The van der Waals surface area contributed by atoms with E-state index < -0.39 is 38.4 Å². The summed E-state index contributed by atoms with van der Waals surface area (Å²) in [5, 5.41) is 5.55. The van der Waals surface area contributed by atoms with Crippen LogP contribution in [-0.4, -0.2) is 72.2 Å². The topological polar surface area (TPSA) is 131 Å². The Balaban J connectivity index is 1.67. The molecular weight excluding hydrogens is 522 g/mol. The third-order valence-corrected chi connectivity index (χ3v) is 9.91. The van der Waals surface area contributed by atoms with Crippen LogP contribution in [0.3, 0.4) is 0 Å². The summed E-state index contributed by atoms with van der Waals surface area (Å²) in [5.41, 5.74) is 0.189. The summed E-state index contributed by atoms with van der Waals surface area (Å²) in [6, 6.07) is 7.94. The molecule has 0 aromatic heterocycles. The lowest BCUT2D eigenvalue weighted by Gasteiger charge is -2.42. The fraction of sp³-hybridized carbons (Fsp3) is 0.679. The molecule has 11 heteroatoms. The first-order valence-electron chi connectivity index (χ1n) is 13.6. The molecular formula is C28H43N3O7S. The first-order chi connectivity index (χ1) is 18.1. The maximum absolute atomic E-state index is 13.4. The van der Waals surface area contributed by atoms with Gasteiger partial charge < -0.3 is 25.0 Å². The van der Waals surface area contributed by atoms with Crippen LogP contribution in [0.4, 0.5) is 9.59 Å². The average Bonchev–Trinajstić information content (AvgIpc) is 3.16. The minimum atomic E-state index is -3.50. The summed E-state index contributed by atoms with van der Waals surface area (Å²) in [7, 11) is -3.50. The van der Waals surface area contributed by atoms with Gasteiger partial charge in [-0.2, -0.15) is 0 Å². The molecule has 3 rings (SSSR count). The third kappa shape index (κ3) is 8.58. The molecule has 1 aromatic rings. The molecule has 1 heterocycles. The quantitative estimate of drug-likeness (QED) is 0.514. The molecule has 1 aliphatic heterocycles. The van der Waals surface area contributed by atoms with Gasteiger partial charge in [0.25, 0.3) is 0 Å². The Kier molecular flexibility index (Phi) is 9.56. The summed E-state index contributed by atoms with van der Waals surface area (Å²) < 4.78 is 36.1. The highest BCUT2D eigenvalue weighted by molar-refractivity contribution is 7.92. The van der Waals surface area contributed by atoms with Crippen LogP contribution in [0.5, 0.6) is 0 Å². The first kappa shape index (κ1) is 30.7. The van der Waals surface area contributed by atoms with Gasteiger partial charge in [-0.25, -0.2) is 18.0 Å². The maximum atomic E-state index is 13.4. The summed E-state index contributed by atoms with van der Waals surface area (Å²) in [6.07, 6.45) is 0.711. The molecule has 1 aliphatic carbocycles. The Bertz CT molecular complexity index is 1130. The van der Waals surface area contributed by atoms with Crippen molar-refractivity contribution in [3.8, 4) is 0 Å². The van der Waals surface area contributed by atoms with Crippen molar-refractivity contribution in [1.29, 1.82) is 0 Å². The molecule has 1 aromatic carbocycles. The van der Waals surface area contributed by atoms with Crippen LogP contribution in [-0.2, 0) is 30.7 Å². The monoisotopic (exact) mass is 565 g/mol. The maximum Gasteiger partial charge on any atom is 0.408 e. The number of nitrogens with zero attached hydrogens (tertiary/aromatic N) is 1. The zero-order valence-electron chi connectivity index (χ0n) is 23.9. The Morgan fingerprint density at radius 1 is 0.974 bits per heavy atom. The van der Waals surface area contributed by atoms with Gasteiger partial charge in [0, 0.05) is 18.6 Å². The largest absolute Gasteiger partial charge is 0.445 e. The lowest BCUT2D eigenvalue weighted by atomic mass is 9.81. The van der Waals surface area contributed by atoms with Crippen molar-refractivity contribution < 1.29 is 32.3 Å². The Hall–Kier alpha value is -2.82. The minimum Gasteiger partial charge on any atom is -0.445 e. The van der Waals surface area contributed by atoms with Gasteiger partial charge in [-0.1, -0.05) is 30.3 Å². The van der Waals surface area contributed by atoms with Gasteiger partial charge in [-0.05, 0) is 78.7 Å². The van der Waals surface area contributed by atoms with Crippen LogP contribution in [0.1, 0.15) is 72.8 Å². The standard InChI is InChI=1S/C28H43N3O7S/c1-27(2,3)38-26(34)29-21-12-13-23(20(16-21)18-39(35,36)28(4,5)6)31-15-14-22(24(31)32)30-25(33)37-17-19-10-8-7-9-11-19/h7-11,20-23H,12-18H2,1-6H3,(H,29,34)(H,30,33)/t20-,21+,22-,23-/m0/s1. The molecule has 39 heavy (non-hydrogen) atoms. The number of nitrogens with one attached hydrogen (secondary N) is 2. The number of rotatable bonds is 7. The molecule has 10 nitrogen and oxygen atoms in total. The number of benzene rings is 1. The van der Waals surface area contributed by atoms with Gasteiger partial charge in [0.15, 0.2) is 9.84 Å².